The lowest BCUT2D eigenvalue weighted by Gasteiger charge is -2.35. The van der Waals surface area contributed by atoms with Gasteiger partial charge in [0.1, 0.15) is 6.04 Å². The van der Waals surface area contributed by atoms with Gasteiger partial charge in [-0.2, -0.15) is 13.2 Å². The molecule has 3 rings (SSSR count). The second kappa shape index (κ2) is 6.99. The van der Waals surface area contributed by atoms with E-state index in [9.17, 15) is 22.8 Å². The summed E-state index contributed by atoms with van der Waals surface area (Å²) in [6.07, 6.45) is -4.48. The summed E-state index contributed by atoms with van der Waals surface area (Å²) < 4.78 is 38.1. The first kappa shape index (κ1) is 18.3. The van der Waals surface area contributed by atoms with Crippen molar-refractivity contribution >= 4 is 23.4 Å². The third kappa shape index (κ3) is 3.53. The number of amides is 2. The van der Waals surface area contributed by atoms with Crippen LogP contribution in [0.4, 0.5) is 13.2 Å². The molecule has 1 fully saturated rings. The van der Waals surface area contributed by atoms with E-state index in [1.807, 2.05) is 0 Å². The summed E-state index contributed by atoms with van der Waals surface area (Å²) in [7, 11) is 0. The first-order chi connectivity index (χ1) is 12.3. The number of carbonyl (C=O) groups is 2. The van der Waals surface area contributed by atoms with Crippen LogP contribution in [-0.2, 0) is 11.0 Å². The van der Waals surface area contributed by atoms with E-state index in [4.69, 9.17) is 11.6 Å². The van der Waals surface area contributed by atoms with Crippen LogP contribution in [-0.4, -0.2) is 29.8 Å². The molecule has 0 radical (unpaired) electrons. The van der Waals surface area contributed by atoms with Gasteiger partial charge in [0.15, 0.2) is 0 Å². The van der Waals surface area contributed by atoms with Crippen molar-refractivity contribution in [2.75, 3.05) is 13.1 Å². The molecule has 2 amide bonds. The van der Waals surface area contributed by atoms with Gasteiger partial charge in [-0.05, 0) is 30.3 Å². The minimum atomic E-state index is -4.48. The first-order valence-corrected chi connectivity index (χ1v) is 8.17. The Morgan fingerprint density at radius 2 is 1.77 bits per heavy atom. The van der Waals surface area contributed by atoms with E-state index in [1.165, 1.54) is 4.90 Å². The molecule has 1 aliphatic heterocycles. The van der Waals surface area contributed by atoms with Gasteiger partial charge in [-0.15, -0.1) is 0 Å². The molecule has 136 valence electrons. The van der Waals surface area contributed by atoms with Crippen LogP contribution in [0.3, 0.4) is 0 Å². The molecule has 1 atom stereocenters. The standard InChI is InChI=1S/C18H14ClF3N2O2/c19-14-4-2-1-3-13(14)15-16(25)23-9-10-24(15)17(26)11-5-7-12(8-6-11)18(20,21)22/h1-8,15H,9-10H2,(H,23,25). The fourth-order valence-electron chi connectivity index (χ4n) is 2.86. The quantitative estimate of drug-likeness (QED) is 0.861. The van der Waals surface area contributed by atoms with Crippen LogP contribution in [0.25, 0.3) is 0 Å². The molecular weight excluding hydrogens is 369 g/mol. The summed E-state index contributed by atoms with van der Waals surface area (Å²) in [5.41, 5.74) is -0.301. The summed E-state index contributed by atoms with van der Waals surface area (Å²) in [5, 5.41) is 3.02. The van der Waals surface area contributed by atoms with Gasteiger partial charge < -0.3 is 10.2 Å². The highest BCUT2D eigenvalue weighted by Gasteiger charge is 2.36. The van der Waals surface area contributed by atoms with Crippen LogP contribution in [0, 0.1) is 0 Å². The summed E-state index contributed by atoms with van der Waals surface area (Å²) in [4.78, 5) is 26.5. The van der Waals surface area contributed by atoms with Crippen LogP contribution in [0.1, 0.15) is 27.5 Å². The van der Waals surface area contributed by atoms with Crippen molar-refractivity contribution in [1.82, 2.24) is 10.2 Å². The second-order valence-corrected chi connectivity index (χ2v) is 6.20. The van der Waals surface area contributed by atoms with E-state index in [-0.39, 0.29) is 24.6 Å². The summed E-state index contributed by atoms with van der Waals surface area (Å²) in [6, 6.07) is 9.64. The number of rotatable bonds is 2. The van der Waals surface area contributed by atoms with E-state index in [2.05, 4.69) is 5.32 Å². The number of nitrogens with zero attached hydrogens (tertiary/aromatic N) is 1. The van der Waals surface area contributed by atoms with Gasteiger partial charge in [0.25, 0.3) is 5.91 Å². The molecule has 1 saturated heterocycles. The van der Waals surface area contributed by atoms with E-state index < -0.39 is 23.7 Å². The number of halogens is 4. The monoisotopic (exact) mass is 382 g/mol. The van der Waals surface area contributed by atoms with Crippen LogP contribution in [0.15, 0.2) is 48.5 Å². The molecule has 4 nitrogen and oxygen atoms in total. The molecule has 26 heavy (non-hydrogen) atoms. The van der Waals surface area contributed by atoms with Gasteiger partial charge in [-0.1, -0.05) is 29.8 Å². The Bertz CT molecular complexity index is 837. The van der Waals surface area contributed by atoms with Gasteiger partial charge in [-0.3, -0.25) is 9.59 Å². The van der Waals surface area contributed by atoms with Crippen molar-refractivity contribution in [3.63, 3.8) is 0 Å². The van der Waals surface area contributed by atoms with Gasteiger partial charge in [0, 0.05) is 29.2 Å². The Balaban J connectivity index is 1.93. The van der Waals surface area contributed by atoms with E-state index in [1.54, 1.807) is 24.3 Å². The lowest BCUT2D eigenvalue weighted by atomic mass is 10.0. The smallest absolute Gasteiger partial charge is 0.352 e. The number of hydrogen-bond acceptors (Lipinski definition) is 2. The van der Waals surface area contributed by atoms with Crippen molar-refractivity contribution in [2.45, 2.75) is 12.2 Å². The van der Waals surface area contributed by atoms with Gasteiger partial charge >= 0.3 is 6.18 Å². The Hall–Kier alpha value is -2.54. The van der Waals surface area contributed by atoms with E-state index in [0.717, 1.165) is 24.3 Å². The molecule has 0 bridgehead atoms. The molecule has 2 aromatic carbocycles. The Kier molecular flexibility index (Phi) is 4.91. The molecule has 1 aliphatic rings. The molecule has 2 aromatic rings. The van der Waals surface area contributed by atoms with Crippen molar-refractivity contribution in [3.05, 3.63) is 70.2 Å². The zero-order chi connectivity index (χ0) is 18.9. The summed E-state index contributed by atoms with van der Waals surface area (Å²) in [6.45, 7) is 0.480. The molecular formula is C18H14ClF3N2O2. The maximum atomic E-state index is 12.8. The molecule has 1 unspecified atom stereocenters. The van der Waals surface area contributed by atoms with Gasteiger partial charge in [0.2, 0.25) is 5.91 Å². The fourth-order valence-corrected chi connectivity index (χ4v) is 3.10. The normalized spacial score (nSPS) is 17.8. The zero-order valence-electron chi connectivity index (χ0n) is 13.4. The predicted molar refractivity (Wildman–Crippen MR) is 89.7 cm³/mol. The molecule has 0 saturated carbocycles. The third-order valence-electron chi connectivity index (χ3n) is 4.13. The molecule has 1 N–H and O–H groups in total. The van der Waals surface area contributed by atoms with Crippen molar-refractivity contribution in [3.8, 4) is 0 Å². The molecule has 0 aromatic heterocycles. The third-order valence-corrected chi connectivity index (χ3v) is 4.48. The number of alkyl halides is 3. The number of carbonyl (C=O) groups excluding carboxylic acids is 2. The molecule has 0 aliphatic carbocycles. The van der Waals surface area contributed by atoms with Crippen molar-refractivity contribution < 1.29 is 22.8 Å². The minimum Gasteiger partial charge on any atom is -0.352 e. The van der Waals surface area contributed by atoms with Crippen molar-refractivity contribution in [2.24, 2.45) is 0 Å². The maximum Gasteiger partial charge on any atom is 0.416 e. The number of nitrogens with one attached hydrogen (secondary N) is 1. The highest BCUT2D eigenvalue weighted by Crippen LogP contribution is 2.32. The zero-order valence-corrected chi connectivity index (χ0v) is 14.1. The van der Waals surface area contributed by atoms with Gasteiger partial charge in [0.05, 0.1) is 5.56 Å². The largest absolute Gasteiger partial charge is 0.416 e. The van der Waals surface area contributed by atoms with Crippen molar-refractivity contribution in [1.29, 1.82) is 0 Å². The number of piperazine rings is 1. The predicted octanol–water partition coefficient (Wildman–Crippen LogP) is 3.67. The minimum absolute atomic E-state index is 0.0738. The number of hydrogen-bond donors (Lipinski definition) is 1. The molecule has 8 heteroatoms. The molecule has 0 spiro atoms. The Morgan fingerprint density at radius 1 is 1.12 bits per heavy atom. The maximum absolute atomic E-state index is 12.8. The average molecular weight is 383 g/mol. The lowest BCUT2D eigenvalue weighted by Crippen LogP contribution is -2.52. The van der Waals surface area contributed by atoms with E-state index in [0.29, 0.717) is 10.6 Å². The highest BCUT2D eigenvalue weighted by atomic mass is 35.5. The van der Waals surface area contributed by atoms with E-state index >= 15 is 0 Å². The number of benzene rings is 2. The van der Waals surface area contributed by atoms with Crippen LogP contribution >= 0.6 is 11.6 Å². The average Bonchev–Trinajstić information content (AvgIpc) is 2.61. The molecule has 1 heterocycles. The van der Waals surface area contributed by atoms with Crippen LogP contribution in [0.5, 0.6) is 0 Å². The van der Waals surface area contributed by atoms with Crippen LogP contribution in [0.2, 0.25) is 5.02 Å². The SMILES string of the molecule is O=C1NCCN(C(=O)c2ccc(C(F)(F)F)cc2)C1c1ccccc1Cl. The fraction of sp³-hybridized carbons (Fsp3) is 0.222. The summed E-state index contributed by atoms with van der Waals surface area (Å²) in [5.74, 6) is -0.914. The Morgan fingerprint density at radius 3 is 2.38 bits per heavy atom. The highest BCUT2D eigenvalue weighted by molar-refractivity contribution is 6.31. The topological polar surface area (TPSA) is 49.4 Å². The van der Waals surface area contributed by atoms with Crippen LogP contribution < -0.4 is 5.32 Å². The first-order valence-electron chi connectivity index (χ1n) is 7.79. The second-order valence-electron chi connectivity index (χ2n) is 5.79. The summed E-state index contributed by atoms with van der Waals surface area (Å²) >= 11 is 6.17. The lowest BCUT2D eigenvalue weighted by molar-refractivity contribution is -0.137. The Labute approximate surface area is 152 Å². The van der Waals surface area contributed by atoms with Gasteiger partial charge in [-0.25, -0.2) is 0 Å².